The lowest BCUT2D eigenvalue weighted by Gasteiger charge is -2.33. The van der Waals surface area contributed by atoms with Crippen LogP contribution in [0.25, 0.3) is 0 Å². The third-order valence-electron chi connectivity index (χ3n) is 5.38. The summed E-state index contributed by atoms with van der Waals surface area (Å²) in [6, 6.07) is 6.93. The molecule has 1 amide bonds. The molecule has 1 aliphatic rings. The second kappa shape index (κ2) is 12.6. The number of aliphatic hydroxyl groups is 1. The number of piperidine rings is 1. The van der Waals surface area contributed by atoms with Crippen molar-refractivity contribution in [1.82, 2.24) is 10.2 Å². The van der Waals surface area contributed by atoms with E-state index in [0.29, 0.717) is 24.4 Å². The highest BCUT2D eigenvalue weighted by Crippen LogP contribution is 2.18. The first-order valence-electron chi connectivity index (χ1n) is 10.9. The van der Waals surface area contributed by atoms with Crippen molar-refractivity contribution in [2.45, 2.75) is 58.5 Å². The van der Waals surface area contributed by atoms with E-state index in [1.165, 1.54) is 19.8 Å². The third-order valence-corrected chi connectivity index (χ3v) is 5.38. The van der Waals surface area contributed by atoms with E-state index < -0.39 is 6.10 Å². The molecule has 2 unspecified atom stereocenters. The van der Waals surface area contributed by atoms with E-state index in [-0.39, 0.29) is 24.2 Å². The molecule has 2 rings (SSSR count). The number of likely N-dealkylation sites (tertiary alicyclic amines) is 1. The van der Waals surface area contributed by atoms with E-state index in [2.05, 4.69) is 17.1 Å². The van der Waals surface area contributed by atoms with E-state index in [4.69, 9.17) is 4.74 Å². The molecule has 1 fully saturated rings. The van der Waals surface area contributed by atoms with Gasteiger partial charge in [0.15, 0.2) is 5.78 Å². The average Bonchev–Trinajstić information content (AvgIpc) is 2.72. The van der Waals surface area contributed by atoms with Gasteiger partial charge in [0.1, 0.15) is 18.5 Å². The summed E-state index contributed by atoms with van der Waals surface area (Å²) in [6.45, 7) is 6.72. The van der Waals surface area contributed by atoms with Gasteiger partial charge in [0.05, 0.1) is 5.92 Å². The molecule has 1 aliphatic heterocycles. The van der Waals surface area contributed by atoms with E-state index in [9.17, 15) is 14.7 Å². The van der Waals surface area contributed by atoms with Crippen LogP contribution in [0.5, 0.6) is 5.75 Å². The summed E-state index contributed by atoms with van der Waals surface area (Å²) in [6.07, 6.45) is 5.87. The van der Waals surface area contributed by atoms with Gasteiger partial charge < -0.3 is 15.2 Å². The van der Waals surface area contributed by atoms with Gasteiger partial charge in [-0.1, -0.05) is 26.2 Å². The lowest BCUT2D eigenvalue weighted by molar-refractivity contribution is -0.126. The molecule has 1 heterocycles. The van der Waals surface area contributed by atoms with Crippen LogP contribution in [0.4, 0.5) is 0 Å². The van der Waals surface area contributed by atoms with Crippen molar-refractivity contribution in [2.24, 2.45) is 5.92 Å². The van der Waals surface area contributed by atoms with Crippen LogP contribution in [0.2, 0.25) is 0 Å². The normalized spacial score (nSPS) is 18.2. The number of amides is 1. The maximum Gasteiger partial charge on any atom is 0.224 e. The smallest absolute Gasteiger partial charge is 0.224 e. The summed E-state index contributed by atoms with van der Waals surface area (Å²) >= 11 is 0. The zero-order valence-electron chi connectivity index (χ0n) is 17.9. The van der Waals surface area contributed by atoms with Crippen LogP contribution in [0.15, 0.2) is 24.3 Å². The minimum Gasteiger partial charge on any atom is -0.491 e. The number of hydrogen-bond donors (Lipinski definition) is 2. The predicted molar refractivity (Wildman–Crippen MR) is 114 cm³/mol. The molecule has 1 saturated heterocycles. The van der Waals surface area contributed by atoms with Crippen molar-refractivity contribution >= 4 is 11.7 Å². The van der Waals surface area contributed by atoms with Gasteiger partial charge >= 0.3 is 0 Å². The van der Waals surface area contributed by atoms with Crippen LogP contribution < -0.4 is 10.1 Å². The molecule has 2 N–H and O–H groups in total. The van der Waals surface area contributed by atoms with Crippen molar-refractivity contribution in [2.75, 3.05) is 32.8 Å². The number of carbonyl (C=O) groups excluding carboxylic acids is 2. The number of unbranched alkanes of at least 4 members (excludes halogenated alkanes) is 3. The number of benzene rings is 1. The second-order valence-electron chi connectivity index (χ2n) is 8.00. The van der Waals surface area contributed by atoms with Gasteiger partial charge in [-0.15, -0.1) is 0 Å². The van der Waals surface area contributed by atoms with Gasteiger partial charge in [-0.05, 0) is 57.0 Å². The second-order valence-corrected chi connectivity index (χ2v) is 8.00. The topological polar surface area (TPSA) is 78.9 Å². The molecule has 29 heavy (non-hydrogen) atoms. The molecule has 162 valence electrons. The largest absolute Gasteiger partial charge is 0.491 e. The molecule has 2 atom stereocenters. The van der Waals surface area contributed by atoms with Gasteiger partial charge in [-0.3, -0.25) is 14.5 Å². The van der Waals surface area contributed by atoms with Crippen molar-refractivity contribution in [3.8, 4) is 5.75 Å². The number of rotatable bonds is 12. The Morgan fingerprint density at radius 3 is 2.69 bits per heavy atom. The molecule has 0 bridgehead atoms. The van der Waals surface area contributed by atoms with Gasteiger partial charge in [-0.25, -0.2) is 0 Å². The van der Waals surface area contributed by atoms with Crippen molar-refractivity contribution in [3.63, 3.8) is 0 Å². The lowest BCUT2D eigenvalue weighted by atomic mass is 9.97. The summed E-state index contributed by atoms with van der Waals surface area (Å²) in [7, 11) is 0. The highest BCUT2D eigenvalue weighted by atomic mass is 16.5. The Morgan fingerprint density at radius 1 is 1.24 bits per heavy atom. The number of ketones is 1. The predicted octanol–water partition coefficient (Wildman–Crippen LogP) is 3.04. The van der Waals surface area contributed by atoms with E-state index in [1.807, 2.05) is 0 Å². The SMILES string of the molecule is CCCCCCNC(=O)C1CCCN(CC(O)COc2ccc(C(C)=O)cc2)C1. The van der Waals surface area contributed by atoms with Crippen LogP contribution in [0.3, 0.4) is 0 Å². The Balaban J connectivity index is 1.69. The molecule has 6 nitrogen and oxygen atoms in total. The quantitative estimate of drug-likeness (QED) is 0.414. The summed E-state index contributed by atoms with van der Waals surface area (Å²) in [5, 5.41) is 13.4. The van der Waals surface area contributed by atoms with Gasteiger partial charge in [0.2, 0.25) is 5.91 Å². The number of β-amino-alcohol motifs (C(OH)–C–C–N with tert-alkyl or cyclic N) is 1. The number of ether oxygens (including phenoxy) is 1. The molecule has 1 aromatic carbocycles. The number of nitrogens with zero attached hydrogens (tertiary/aromatic N) is 1. The first-order valence-corrected chi connectivity index (χ1v) is 10.9. The van der Waals surface area contributed by atoms with Gasteiger partial charge in [0, 0.05) is 25.2 Å². The zero-order chi connectivity index (χ0) is 21.1. The Morgan fingerprint density at radius 2 is 2.00 bits per heavy atom. The van der Waals surface area contributed by atoms with Crippen molar-refractivity contribution in [3.05, 3.63) is 29.8 Å². The maximum atomic E-state index is 12.4. The van der Waals surface area contributed by atoms with Crippen molar-refractivity contribution < 1.29 is 19.4 Å². The van der Waals surface area contributed by atoms with Crippen molar-refractivity contribution in [1.29, 1.82) is 0 Å². The summed E-state index contributed by atoms with van der Waals surface area (Å²) in [5.74, 6) is 0.791. The first-order chi connectivity index (χ1) is 14.0. The minimum atomic E-state index is -0.627. The molecular weight excluding hydrogens is 368 g/mol. The highest BCUT2D eigenvalue weighted by molar-refractivity contribution is 5.94. The number of Topliss-reactive ketones (excluding diaryl/α,β-unsaturated/α-hetero) is 1. The van der Waals surface area contributed by atoms with Crippen LogP contribution in [-0.2, 0) is 4.79 Å². The fraction of sp³-hybridized carbons (Fsp3) is 0.652. The number of nitrogens with one attached hydrogen (secondary N) is 1. The fourth-order valence-corrected chi connectivity index (χ4v) is 3.67. The number of carbonyl (C=O) groups is 2. The summed E-state index contributed by atoms with van der Waals surface area (Å²) < 4.78 is 5.64. The monoisotopic (exact) mass is 404 g/mol. The molecule has 0 saturated carbocycles. The Bertz CT molecular complexity index is 632. The average molecular weight is 405 g/mol. The number of hydrogen-bond acceptors (Lipinski definition) is 5. The molecule has 1 aromatic rings. The minimum absolute atomic E-state index is 0.00201. The van der Waals surface area contributed by atoms with Crippen LogP contribution in [0, 0.1) is 5.92 Å². The summed E-state index contributed by atoms with van der Waals surface area (Å²) in [4.78, 5) is 25.9. The molecule has 0 radical (unpaired) electrons. The molecule has 6 heteroatoms. The van der Waals surface area contributed by atoms with E-state index in [0.717, 1.165) is 38.8 Å². The van der Waals surface area contributed by atoms with E-state index in [1.54, 1.807) is 24.3 Å². The first kappa shape index (κ1) is 23.4. The Kier molecular flexibility index (Phi) is 10.2. The number of aliphatic hydroxyl groups excluding tert-OH is 1. The van der Waals surface area contributed by atoms with Crippen LogP contribution in [-0.4, -0.2) is 60.6 Å². The zero-order valence-corrected chi connectivity index (χ0v) is 17.9. The van der Waals surface area contributed by atoms with Crippen LogP contribution >= 0.6 is 0 Å². The fourth-order valence-electron chi connectivity index (χ4n) is 3.67. The highest BCUT2D eigenvalue weighted by Gasteiger charge is 2.26. The molecule has 0 aromatic heterocycles. The third kappa shape index (κ3) is 8.54. The van der Waals surface area contributed by atoms with E-state index >= 15 is 0 Å². The van der Waals surface area contributed by atoms with Crippen LogP contribution in [0.1, 0.15) is 62.7 Å². The standard InChI is InChI=1S/C23H36N2O4/c1-3-4-5-6-13-24-23(28)20-8-7-14-25(15-20)16-21(27)17-29-22-11-9-19(10-12-22)18(2)26/h9-12,20-21,27H,3-8,13-17H2,1-2H3,(H,24,28). The molecular formula is C23H36N2O4. The Hall–Kier alpha value is -1.92. The maximum absolute atomic E-state index is 12.4. The van der Waals surface area contributed by atoms with Gasteiger partial charge in [-0.2, -0.15) is 0 Å². The summed E-state index contributed by atoms with van der Waals surface area (Å²) in [5.41, 5.74) is 0.640. The molecule has 0 aliphatic carbocycles. The lowest BCUT2D eigenvalue weighted by Crippen LogP contribution is -2.46. The molecule has 0 spiro atoms. The van der Waals surface area contributed by atoms with Gasteiger partial charge in [0.25, 0.3) is 0 Å². The Labute approximate surface area is 174 Å².